The molecule has 1 amide bonds. The number of aromatic nitrogens is 3. The van der Waals surface area contributed by atoms with Crippen LogP contribution in [0.2, 0.25) is 0 Å². The number of piperidine rings is 1. The van der Waals surface area contributed by atoms with Gasteiger partial charge in [0, 0.05) is 62.7 Å². The summed E-state index contributed by atoms with van der Waals surface area (Å²) >= 11 is 0. The van der Waals surface area contributed by atoms with Gasteiger partial charge in [-0.15, -0.1) is 0 Å². The number of likely N-dealkylation sites (tertiary alicyclic amines) is 1. The van der Waals surface area contributed by atoms with Crippen molar-refractivity contribution >= 4 is 5.91 Å². The number of ether oxygens (including phenoxy) is 1. The Labute approximate surface area is 154 Å². The van der Waals surface area contributed by atoms with Gasteiger partial charge in [0.25, 0.3) is 0 Å². The molecule has 26 heavy (non-hydrogen) atoms. The lowest BCUT2D eigenvalue weighted by Gasteiger charge is -2.35. The molecule has 0 saturated carbocycles. The van der Waals surface area contributed by atoms with E-state index in [0.29, 0.717) is 0 Å². The highest BCUT2D eigenvalue weighted by molar-refractivity contribution is 5.84. The highest BCUT2D eigenvalue weighted by atomic mass is 16.5. The Bertz CT molecular complexity index is 793. The molecule has 1 aliphatic carbocycles. The molecule has 6 heteroatoms. The second-order valence-corrected chi connectivity index (χ2v) is 7.43. The lowest BCUT2D eigenvalue weighted by molar-refractivity contribution is -0.135. The number of amides is 1. The van der Waals surface area contributed by atoms with Crippen LogP contribution in [0.1, 0.15) is 48.4 Å². The summed E-state index contributed by atoms with van der Waals surface area (Å²) in [4.78, 5) is 19.2. The van der Waals surface area contributed by atoms with E-state index in [1.807, 2.05) is 42.0 Å². The van der Waals surface area contributed by atoms with E-state index in [2.05, 4.69) is 10.1 Å². The van der Waals surface area contributed by atoms with Crippen molar-refractivity contribution in [3.63, 3.8) is 0 Å². The van der Waals surface area contributed by atoms with Crippen LogP contribution < -0.4 is 4.74 Å². The molecule has 2 aromatic rings. The third kappa shape index (κ3) is 3.32. The van der Waals surface area contributed by atoms with Crippen molar-refractivity contribution in [3.05, 3.63) is 41.5 Å². The summed E-state index contributed by atoms with van der Waals surface area (Å²) in [6, 6.07) is 1.92. The van der Waals surface area contributed by atoms with Crippen molar-refractivity contribution in [1.29, 1.82) is 0 Å². The number of carbonyl (C=O) groups excluding carboxylic acids is 1. The molecule has 1 unspecified atom stereocenters. The molecule has 6 nitrogen and oxygen atoms in total. The summed E-state index contributed by atoms with van der Waals surface area (Å²) < 4.78 is 7.97. The van der Waals surface area contributed by atoms with E-state index in [1.54, 1.807) is 6.20 Å². The van der Waals surface area contributed by atoms with Crippen molar-refractivity contribution in [3.8, 4) is 5.75 Å². The van der Waals surface area contributed by atoms with Crippen molar-refractivity contribution in [1.82, 2.24) is 19.7 Å². The second kappa shape index (κ2) is 7.09. The van der Waals surface area contributed by atoms with Gasteiger partial charge in [-0.3, -0.25) is 14.5 Å². The predicted molar refractivity (Wildman–Crippen MR) is 98.1 cm³/mol. The van der Waals surface area contributed by atoms with Crippen molar-refractivity contribution < 1.29 is 9.53 Å². The first-order valence-corrected chi connectivity index (χ1v) is 9.50. The maximum atomic E-state index is 13.1. The molecule has 0 aromatic carbocycles. The zero-order chi connectivity index (χ0) is 18.1. The minimum Gasteiger partial charge on any atom is -0.490 e. The molecule has 0 spiro atoms. The molecule has 1 saturated heterocycles. The Morgan fingerprint density at radius 2 is 2.08 bits per heavy atom. The number of aryl methyl sites for hydroxylation is 3. The Hall–Kier alpha value is -2.37. The summed E-state index contributed by atoms with van der Waals surface area (Å²) in [6.45, 7) is 3.54. The van der Waals surface area contributed by atoms with Crippen LogP contribution in [-0.2, 0) is 18.3 Å². The van der Waals surface area contributed by atoms with Gasteiger partial charge in [-0.25, -0.2) is 0 Å². The average molecular weight is 354 g/mol. The number of pyridine rings is 1. The van der Waals surface area contributed by atoms with Crippen LogP contribution in [0, 0.1) is 6.92 Å². The Balaban J connectivity index is 1.38. The van der Waals surface area contributed by atoms with Crippen LogP contribution in [0.4, 0.5) is 0 Å². The predicted octanol–water partition coefficient (Wildman–Crippen LogP) is 2.61. The lowest BCUT2D eigenvalue weighted by atomic mass is 9.85. The van der Waals surface area contributed by atoms with Gasteiger partial charge < -0.3 is 9.64 Å². The third-order valence-electron chi connectivity index (χ3n) is 5.53. The number of hydrogen-bond donors (Lipinski definition) is 0. The molecule has 0 radical (unpaired) electrons. The second-order valence-electron chi connectivity index (χ2n) is 7.43. The number of hydrogen-bond acceptors (Lipinski definition) is 4. The number of nitrogens with zero attached hydrogens (tertiary/aromatic N) is 4. The van der Waals surface area contributed by atoms with Crippen LogP contribution in [0.5, 0.6) is 5.75 Å². The van der Waals surface area contributed by atoms with Crippen LogP contribution in [0.3, 0.4) is 0 Å². The quantitative estimate of drug-likeness (QED) is 0.850. The first-order valence-electron chi connectivity index (χ1n) is 9.50. The van der Waals surface area contributed by atoms with E-state index >= 15 is 0 Å². The zero-order valence-corrected chi connectivity index (χ0v) is 15.5. The van der Waals surface area contributed by atoms with E-state index in [1.165, 1.54) is 0 Å². The fraction of sp³-hybridized carbons (Fsp3) is 0.550. The first-order chi connectivity index (χ1) is 12.6. The minimum atomic E-state index is -0.0210. The topological polar surface area (TPSA) is 60.2 Å². The minimum absolute atomic E-state index is 0.0210. The van der Waals surface area contributed by atoms with Crippen molar-refractivity contribution in [2.45, 2.75) is 51.0 Å². The van der Waals surface area contributed by atoms with E-state index in [9.17, 15) is 4.79 Å². The fourth-order valence-electron chi connectivity index (χ4n) is 4.11. The molecule has 2 aromatic heterocycles. The molecule has 138 valence electrons. The van der Waals surface area contributed by atoms with Gasteiger partial charge in [0.1, 0.15) is 11.9 Å². The van der Waals surface area contributed by atoms with E-state index < -0.39 is 0 Å². The van der Waals surface area contributed by atoms with Gasteiger partial charge in [-0.1, -0.05) is 0 Å². The van der Waals surface area contributed by atoms with Crippen LogP contribution in [0.15, 0.2) is 24.7 Å². The van der Waals surface area contributed by atoms with E-state index in [0.717, 1.165) is 67.8 Å². The maximum absolute atomic E-state index is 13.1. The van der Waals surface area contributed by atoms with Gasteiger partial charge in [-0.2, -0.15) is 5.10 Å². The molecule has 0 N–H and O–H groups in total. The Morgan fingerprint density at radius 3 is 2.85 bits per heavy atom. The standard InChI is InChI=1S/C20H26N4O2/c1-14-12-21-9-6-19(14)26-15-7-10-24(11-8-15)20(25)16-4-3-5-18-17(16)13-23(2)22-18/h6,9,12-13,15-16H,3-5,7-8,10-11H2,1-2H3. The van der Waals surface area contributed by atoms with Crippen LogP contribution >= 0.6 is 0 Å². The number of carbonyl (C=O) groups is 1. The van der Waals surface area contributed by atoms with Crippen LogP contribution in [-0.4, -0.2) is 44.8 Å². The Kier molecular flexibility index (Phi) is 4.66. The van der Waals surface area contributed by atoms with Crippen molar-refractivity contribution in [2.75, 3.05) is 13.1 Å². The monoisotopic (exact) mass is 354 g/mol. The lowest BCUT2D eigenvalue weighted by Crippen LogP contribution is -2.44. The highest BCUT2D eigenvalue weighted by Crippen LogP contribution is 2.33. The fourth-order valence-corrected chi connectivity index (χ4v) is 4.11. The molecule has 1 aliphatic heterocycles. The summed E-state index contributed by atoms with van der Waals surface area (Å²) in [7, 11) is 1.93. The molecular formula is C20H26N4O2. The molecule has 3 heterocycles. The van der Waals surface area contributed by atoms with Crippen molar-refractivity contribution in [2.24, 2.45) is 7.05 Å². The largest absolute Gasteiger partial charge is 0.490 e. The normalized spacial score (nSPS) is 20.7. The smallest absolute Gasteiger partial charge is 0.230 e. The van der Waals surface area contributed by atoms with E-state index in [-0.39, 0.29) is 17.9 Å². The highest BCUT2D eigenvalue weighted by Gasteiger charge is 2.33. The average Bonchev–Trinajstić information content (AvgIpc) is 3.04. The molecule has 4 rings (SSSR count). The summed E-state index contributed by atoms with van der Waals surface area (Å²) in [5.74, 6) is 1.14. The molecular weight excluding hydrogens is 328 g/mol. The summed E-state index contributed by atoms with van der Waals surface area (Å²) in [6.07, 6.45) is 10.5. The van der Waals surface area contributed by atoms with Gasteiger partial charge in [0.15, 0.2) is 0 Å². The summed E-state index contributed by atoms with van der Waals surface area (Å²) in [5.41, 5.74) is 3.29. The van der Waals surface area contributed by atoms with Gasteiger partial charge in [0.2, 0.25) is 5.91 Å². The Morgan fingerprint density at radius 1 is 1.27 bits per heavy atom. The first kappa shape index (κ1) is 17.1. The molecule has 1 atom stereocenters. The van der Waals surface area contributed by atoms with Gasteiger partial charge >= 0.3 is 0 Å². The molecule has 1 fully saturated rings. The van der Waals surface area contributed by atoms with E-state index in [4.69, 9.17) is 4.74 Å². The number of fused-ring (bicyclic) bond motifs is 1. The van der Waals surface area contributed by atoms with Crippen LogP contribution in [0.25, 0.3) is 0 Å². The zero-order valence-electron chi connectivity index (χ0n) is 15.5. The molecule has 0 bridgehead atoms. The van der Waals surface area contributed by atoms with Gasteiger partial charge in [0.05, 0.1) is 11.6 Å². The summed E-state index contributed by atoms with van der Waals surface area (Å²) in [5, 5.41) is 4.52. The molecule has 2 aliphatic rings. The number of rotatable bonds is 3. The maximum Gasteiger partial charge on any atom is 0.230 e. The SMILES string of the molecule is Cc1cnccc1OC1CCN(C(=O)C2CCCc3nn(C)cc32)CC1. The third-order valence-corrected chi connectivity index (χ3v) is 5.53. The van der Waals surface area contributed by atoms with Gasteiger partial charge in [-0.05, 0) is 32.3 Å².